The molecule has 1 heterocycles. The van der Waals surface area contributed by atoms with Gasteiger partial charge >= 0.3 is 0 Å². The monoisotopic (exact) mass is 167 g/mol. The van der Waals surface area contributed by atoms with Gasteiger partial charge in [0, 0.05) is 12.3 Å². The molecule has 1 rings (SSSR count). The number of imide groups is 1. The lowest BCUT2D eigenvalue weighted by Crippen LogP contribution is -2.40. The van der Waals surface area contributed by atoms with Crippen molar-refractivity contribution in [3.8, 4) is 0 Å². The predicted molar refractivity (Wildman–Crippen MR) is 45.3 cm³/mol. The number of carbonyl (C=O) groups excluding carboxylic acids is 2. The van der Waals surface area contributed by atoms with Gasteiger partial charge in [0.15, 0.2) is 0 Å². The SMILES string of the molecule is CC=CCC1CCC(=O)NC1=O. The molecule has 0 bridgehead atoms. The summed E-state index contributed by atoms with van der Waals surface area (Å²) in [5.41, 5.74) is 0. The first-order valence-electron chi connectivity index (χ1n) is 4.19. The lowest BCUT2D eigenvalue weighted by atomic mass is 9.95. The summed E-state index contributed by atoms with van der Waals surface area (Å²) in [7, 11) is 0. The van der Waals surface area contributed by atoms with Crippen molar-refractivity contribution in [3.05, 3.63) is 12.2 Å². The molecule has 0 aromatic carbocycles. The second-order valence-electron chi connectivity index (χ2n) is 2.95. The molecule has 0 aliphatic carbocycles. The van der Waals surface area contributed by atoms with Crippen molar-refractivity contribution in [2.24, 2.45) is 5.92 Å². The Morgan fingerprint density at radius 1 is 1.58 bits per heavy atom. The van der Waals surface area contributed by atoms with Crippen LogP contribution >= 0.6 is 0 Å². The first-order chi connectivity index (χ1) is 5.74. The lowest BCUT2D eigenvalue weighted by Gasteiger charge is -2.18. The van der Waals surface area contributed by atoms with Gasteiger partial charge in [0.25, 0.3) is 0 Å². The molecular weight excluding hydrogens is 154 g/mol. The largest absolute Gasteiger partial charge is 0.296 e. The van der Waals surface area contributed by atoms with Crippen LogP contribution in [0.25, 0.3) is 0 Å². The Labute approximate surface area is 71.8 Å². The quantitative estimate of drug-likeness (QED) is 0.492. The smallest absolute Gasteiger partial charge is 0.229 e. The fraction of sp³-hybridized carbons (Fsp3) is 0.556. The van der Waals surface area contributed by atoms with Crippen molar-refractivity contribution in [2.45, 2.75) is 26.2 Å². The average molecular weight is 167 g/mol. The minimum absolute atomic E-state index is 0.00102. The van der Waals surface area contributed by atoms with Gasteiger partial charge in [0.05, 0.1) is 0 Å². The molecule has 66 valence electrons. The number of hydrogen-bond acceptors (Lipinski definition) is 2. The third-order valence-electron chi connectivity index (χ3n) is 2.01. The molecule has 1 aliphatic rings. The summed E-state index contributed by atoms with van der Waals surface area (Å²) in [5, 5.41) is 2.33. The standard InChI is InChI=1S/C9H13NO2/c1-2-3-4-7-5-6-8(11)10-9(7)12/h2-3,7H,4-6H2,1H3,(H,10,11,12). The number of allylic oxidation sites excluding steroid dienone is 2. The van der Waals surface area contributed by atoms with Crippen LogP contribution in [-0.4, -0.2) is 11.8 Å². The topological polar surface area (TPSA) is 46.2 Å². The summed E-state index contributed by atoms with van der Waals surface area (Å²) < 4.78 is 0. The molecule has 1 aliphatic heterocycles. The van der Waals surface area contributed by atoms with Crippen molar-refractivity contribution >= 4 is 11.8 Å². The van der Waals surface area contributed by atoms with Crippen LogP contribution in [0.3, 0.4) is 0 Å². The van der Waals surface area contributed by atoms with Crippen LogP contribution < -0.4 is 5.32 Å². The van der Waals surface area contributed by atoms with Crippen LogP contribution in [0.1, 0.15) is 26.2 Å². The number of rotatable bonds is 2. The highest BCUT2D eigenvalue weighted by molar-refractivity contribution is 5.98. The Hall–Kier alpha value is -1.12. The van der Waals surface area contributed by atoms with E-state index in [4.69, 9.17) is 0 Å². The molecule has 1 unspecified atom stereocenters. The molecule has 0 saturated carbocycles. The van der Waals surface area contributed by atoms with E-state index in [-0.39, 0.29) is 17.7 Å². The van der Waals surface area contributed by atoms with Crippen LogP contribution in [0.2, 0.25) is 0 Å². The zero-order valence-electron chi connectivity index (χ0n) is 7.17. The molecule has 3 nitrogen and oxygen atoms in total. The van der Waals surface area contributed by atoms with Gasteiger partial charge < -0.3 is 0 Å². The molecule has 1 N–H and O–H groups in total. The van der Waals surface area contributed by atoms with Gasteiger partial charge in [-0.05, 0) is 19.8 Å². The maximum absolute atomic E-state index is 11.1. The molecular formula is C9H13NO2. The molecule has 1 fully saturated rings. The number of hydrogen-bond donors (Lipinski definition) is 1. The molecule has 0 aromatic rings. The molecule has 2 amide bonds. The Balaban J connectivity index is 2.45. The van der Waals surface area contributed by atoms with Gasteiger partial charge in [0.1, 0.15) is 0 Å². The highest BCUT2D eigenvalue weighted by Crippen LogP contribution is 2.16. The van der Waals surface area contributed by atoms with Gasteiger partial charge in [0.2, 0.25) is 11.8 Å². The summed E-state index contributed by atoms with van der Waals surface area (Å²) in [5.74, 6) is -0.264. The molecule has 12 heavy (non-hydrogen) atoms. The van der Waals surface area contributed by atoms with E-state index in [2.05, 4.69) is 5.32 Å². The zero-order chi connectivity index (χ0) is 8.97. The number of piperidine rings is 1. The number of amides is 2. The van der Waals surface area contributed by atoms with Crippen LogP contribution in [0.15, 0.2) is 12.2 Å². The van der Waals surface area contributed by atoms with E-state index < -0.39 is 0 Å². The maximum atomic E-state index is 11.1. The normalized spacial score (nSPS) is 24.6. The van der Waals surface area contributed by atoms with Crippen molar-refractivity contribution in [2.75, 3.05) is 0 Å². The molecule has 1 saturated heterocycles. The van der Waals surface area contributed by atoms with Crippen LogP contribution in [0.4, 0.5) is 0 Å². The maximum Gasteiger partial charge on any atom is 0.229 e. The fourth-order valence-corrected chi connectivity index (χ4v) is 1.26. The number of nitrogens with one attached hydrogen (secondary N) is 1. The molecule has 0 aromatic heterocycles. The van der Waals surface area contributed by atoms with Gasteiger partial charge in [-0.3, -0.25) is 14.9 Å². The molecule has 0 spiro atoms. The third kappa shape index (κ3) is 2.19. The van der Waals surface area contributed by atoms with E-state index in [1.807, 2.05) is 19.1 Å². The van der Waals surface area contributed by atoms with E-state index in [0.29, 0.717) is 12.8 Å². The first-order valence-corrected chi connectivity index (χ1v) is 4.19. The molecule has 3 heteroatoms. The summed E-state index contributed by atoms with van der Waals surface area (Å²) in [6.07, 6.45) is 5.79. The second kappa shape index (κ2) is 4.04. The lowest BCUT2D eigenvalue weighted by molar-refractivity contribution is -0.136. The minimum atomic E-state index is -0.142. The minimum Gasteiger partial charge on any atom is -0.296 e. The zero-order valence-corrected chi connectivity index (χ0v) is 7.17. The van der Waals surface area contributed by atoms with Crippen LogP contribution in [0.5, 0.6) is 0 Å². The van der Waals surface area contributed by atoms with E-state index in [0.717, 1.165) is 6.42 Å². The average Bonchev–Trinajstić information content (AvgIpc) is 2.03. The van der Waals surface area contributed by atoms with Gasteiger partial charge in [-0.2, -0.15) is 0 Å². The summed E-state index contributed by atoms with van der Waals surface area (Å²) in [4.78, 5) is 21.9. The molecule has 1 atom stereocenters. The Morgan fingerprint density at radius 3 is 2.92 bits per heavy atom. The van der Waals surface area contributed by atoms with Crippen molar-refractivity contribution in [1.29, 1.82) is 0 Å². The van der Waals surface area contributed by atoms with Crippen LogP contribution in [-0.2, 0) is 9.59 Å². The molecule has 0 radical (unpaired) electrons. The summed E-state index contributed by atoms with van der Waals surface area (Å²) in [6, 6.07) is 0. The second-order valence-corrected chi connectivity index (χ2v) is 2.95. The Kier molecular flexibility index (Phi) is 3.02. The summed E-state index contributed by atoms with van der Waals surface area (Å²) in [6.45, 7) is 1.92. The van der Waals surface area contributed by atoms with Gasteiger partial charge in [-0.1, -0.05) is 12.2 Å². The van der Waals surface area contributed by atoms with Crippen molar-refractivity contribution < 1.29 is 9.59 Å². The number of carbonyl (C=O) groups is 2. The van der Waals surface area contributed by atoms with Crippen molar-refractivity contribution in [1.82, 2.24) is 5.32 Å². The fourth-order valence-electron chi connectivity index (χ4n) is 1.26. The predicted octanol–water partition coefficient (Wildman–Crippen LogP) is 1.01. The highest BCUT2D eigenvalue weighted by Gasteiger charge is 2.24. The summed E-state index contributed by atoms with van der Waals surface area (Å²) >= 11 is 0. The van der Waals surface area contributed by atoms with Crippen molar-refractivity contribution in [3.63, 3.8) is 0 Å². The van der Waals surface area contributed by atoms with E-state index >= 15 is 0 Å². The first kappa shape index (κ1) is 8.97. The van der Waals surface area contributed by atoms with E-state index in [1.54, 1.807) is 0 Å². The van der Waals surface area contributed by atoms with Gasteiger partial charge in [-0.25, -0.2) is 0 Å². The van der Waals surface area contributed by atoms with Gasteiger partial charge in [-0.15, -0.1) is 0 Å². The highest BCUT2D eigenvalue weighted by atomic mass is 16.2. The van der Waals surface area contributed by atoms with Crippen LogP contribution in [0, 0.1) is 5.92 Å². The Bertz CT molecular complexity index is 221. The Morgan fingerprint density at radius 2 is 2.33 bits per heavy atom. The third-order valence-corrected chi connectivity index (χ3v) is 2.01. The van der Waals surface area contributed by atoms with E-state index in [9.17, 15) is 9.59 Å². The van der Waals surface area contributed by atoms with E-state index in [1.165, 1.54) is 0 Å².